The number of rotatable bonds is 9. The minimum absolute atomic E-state index is 0.796. The highest BCUT2D eigenvalue weighted by Crippen LogP contribution is 2.27. The summed E-state index contributed by atoms with van der Waals surface area (Å²) in [5.74, 6) is 1.61. The highest BCUT2D eigenvalue weighted by Gasteiger charge is 2.16. The summed E-state index contributed by atoms with van der Waals surface area (Å²) in [5.41, 5.74) is 2.76. The summed E-state index contributed by atoms with van der Waals surface area (Å²) in [6, 6.07) is 15.2. The molecule has 1 aliphatic heterocycles. The van der Waals surface area contributed by atoms with E-state index in [-0.39, 0.29) is 0 Å². The summed E-state index contributed by atoms with van der Waals surface area (Å²) in [6.45, 7) is 6.99. The minimum Gasteiger partial charge on any atom is -0.493 e. The quantitative estimate of drug-likeness (QED) is 0.491. The third-order valence-corrected chi connectivity index (χ3v) is 6.20. The molecule has 0 saturated carbocycles. The van der Waals surface area contributed by atoms with Gasteiger partial charge in [-0.3, -0.25) is 0 Å². The van der Waals surface area contributed by atoms with Crippen LogP contribution in [0, 0.1) is 3.57 Å². The van der Waals surface area contributed by atoms with Crippen molar-refractivity contribution in [1.82, 2.24) is 9.80 Å². The van der Waals surface area contributed by atoms with E-state index in [9.17, 15) is 0 Å². The van der Waals surface area contributed by atoms with E-state index in [1.54, 1.807) is 14.2 Å². The van der Waals surface area contributed by atoms with Crippen LogP contribution >= 0.6 is 22.6 Å². The van der Waals surface area contributed by atoms with Gasteiger partial charge in [0.05, 0.1) is 14.2 Å². The lowest BCUT2D eigenvalue weighted by Crippen LogP contribution is -2.47. The maximum absolute atomic E-state index is 5.41. The van der Waals surface area contributed by atoms with Crippen LogP contribution in [0.3, 0.4) is 0 Å². The van der Waals surface area contributed by atoms with E-state index in [2.05, 4.69) is 68.8 Å². The Morgan fingerprint density at radius 1 is 0.750 bits per heavy atom. The zero-order chi connectivity index (χ0) is 19.8. The molecule has 5 heteroatoms. The van der Waals surface area contributed by atoms with Gasteiger partial charge in [0.1, 0.15) is 0 Å². The molecule has 0 aromatic heterocycles. The van der Waals surface area contributed by atoms with Crippen LogP contribution in [0.4, 0.5) is 0 Å². The molecule has 1 heterocycles. The van der Waals surface area contributed by atoms with Gasteiger partial charge in [-0.05, 0) is 83.8 Å². The summed E-state index contributed by atoms with van der Waals surface area (Å²) in [6.07, 6.45) is 3.47. The molecule has 1 fully saturated rings. The van der Waals surface area contributed by atoms with Crippen LogP contribution in [0.25, 0.3) is 0 Å². The van der Waals surface area contributed by atoms with Gasteiger partial charge in [-0.25, -0.2) is 0 Å². The zero-order valence-electron chi connectivity index (χ0n) is 17.0. The smallest absolute Gasteiger partial charge is 0.160 e. The number of ether oxygens (including phenoxy) is 2. The Balaban J connectivity index is 1.35. The fourth-order valence-corrected chi connectivity index (χ4v) is 4.08. The standard InChI is InChI=1S/C23H31IN2O2/c1-27-22-10-7-20(18-23(22)28-2)11-13-26-16-14-25(15-17-26)12-3-4-19-5-8-21(24)9-6-19/h5-10,18H,3-4,11-17H2,1-2H3. The fraction of sp³-hybridized carbons (Fsp3) is 0.478. The van der Waals surface area contributed by atoms with Crippen molar-refractivity contribution in [3.8, 4) is 11.5 Å². The third-order valence-electron chi connectivity index (χ3n) is 5.48. The second kappa shape index (κ2) is 11.0. The molecular formula is C23H31IN2O2. The van der Waals surface area contributed by atoms with Gasteiger partial charge in [-0.2, -0.15) is 0 Å². The van der Waals surface area contributed by atoms with Gasteiger partial charge in [0, 0.05) is 36.3 Å². The lowest BCUT2D eigenvalue weighted by atomic mass is 10.1. The van der Waals surface area contributed by atoms with E-state index in [0.29, 0.717) is 0 Å². The SMILES string of the molecule is COc1ccc(CCN2CCN(CCCc3ccc(I)cc3)CC2)cc1OC. The largest absolute Gasteiger partial charge is 0.493 e. The molecule has 2 aromatic rings. The average Bonchev–Trinajstić information content (AvgIpc) is 2.74. The Morgan fingerprint density at radius 3 is 2.00 bits per heavy atom. The number of methoxy groups -OCH3 is 2. The molecule has 0 N–H and O–H groups in total. The third kappa shape index (κ3) is 6.36. The molecule has 1 aliphatic rings. The molecule has 1 saturated heterocycles. The first-order valence-electron chi connectivity index (χ1n) is 10.1. The Hall–Kier alpha value is -1.31. The van der Waals surface area contributed by atoms with Gasteiger partial charge >= 0.3 is 0 Å². The molecule has 0 amide bonds. The van der Waals surface area contributed by atoms with E-state index < -0.39 is 0 Å². The van der Waals surface area contributed by atoms with Crippen LogP contribution in [0.2, 0.25) is 0 Å². The van der Waals surface area contributed by atoms with Crippen molar-refractivity contribution in [2.24, 2.45) is 0 Å². The van der Waals surface area contributed by atoms with Gasteiger partial charge in [0.2, 0.25) is 0 Å². The number of hydrogen-bond donors (Lipinski definition) is 0. The van der Waals surface area contributed by atoms with Gasteiger partial charge < -0.3 is 19.3 Å². The Labute approximate surface area is 183 Å². The molecule has 2 aromatic carbocycles. The summed E-state index contributed by atoms with van der Waals surface area (Å²) >= 11 is 2.36. The predicted molar refractivity (Wildman–Crippen MR) is 124 cm³/mol. The van der Waals surface area contributed by atoms with Crippen molar-refractivity contribution in [1.29, 1.82) is 0 Å². The van der Waals surface area contributed by atoms with Crippen LogP contribution in [-0.2, 0) is 12.8 Å². The second-order valence-corrected chi connectivity index (χ2v) is 8.60. The lowest BCUT2D eigenvalue weighted by Gasteiger charge is -2.34. The zero-order valence-corrected chi connectivity index (χ0v) is 19.2. The van der Waals surface area contributed by atoms with Crippen LogP contribution in [0.5, 0.6) is 11.5 Å². The first-order chi connectivity index (χ1) is 13.7. The van der Waals surface area contributed by atoms with E-state index in [4.69, 9.17) is 9.47 Å². The summed E-state index contributed by atoms with van der Waals surface area (Å²) < 4.78 is 12.0. The molecular weight excluding hydrogens is 463 g/mol. The molecule has 0 aliphatic carbocycles. The second-order valence-electron chi connectivity index (χ2n) is 7.35. The van der Waals surface area contributed by atoms with Crippen molar-refractivity contribution in [2.45, 2.75) is 19.3 Å². The van der Waals surface area contributed by atoms with Crippen molar-refractivity contribution < 1.29 is 9.47 Å². The number of piperazine rings is 1. The molecule has 4 nitrogen and oxygen atoms in total. The Kier molecular flexibility index (Phi) is 8.43. The molecule has 28 heavy (non-hydrogen) atoms. The van der Waals surface area contributed by atoms with Crippen molar-refractivity contribution in [3.63, 3.8) is 0 Å². The van der Waals surface area contributed by atoms with Gasteiger partial charge in [0.15, 0.2) is 11.5 Å². The monoisotopic (exact) mass is 494 g/mol. The lowest BCUT2D eigenvalue weighted by molar-refractivity contribution is 0.132. The van der Waals surface area contributed by atoms with E-state index in [1.807, 2.05) is 6.07 Å². The molecule has 152 valence electrons. The van der Waals surface area contributed by atoms with Gasteiger partial charge in [-0.1, -0.05) is 18.2 Å². The Bertz CT molecular complexity index is 728. The van der Waals surface area contributed by atoms with E-state index in [1.165, 1.54) is 47.2 Å². The van der Waals surface area contributed by atoms with Crippen LogP contribution in [0.15, 0.2) is 42.5 Å². The first-order valence-corrected chi connectivity index (χ1v) is 11.2. The van der Waals surface area contributed by atoms with Crippen LogP contribution < -0.4 is 9.47 Å². The number of halogens is 1. The molecule has 0 unspecified atom stereocenters. The van der Waals surface area contributed by atoms with Crippen molar-refractivity contribution >= 4 is 22.6 Å². The Morgan fingerprint density at radius 2 is 1.36 bits per heavy atom. The topological polar surface area (TPSA) is 24.9 Å². The summed E-state index contributed by atoms with van der Waals surface area (Å²) in [4.78, 5) is 5.19. The number of nitrogens with zero attached hydrogens (tertiary/aromatic N) is 2. The molecule has 3 rings (SSSR count). The summed E-state index contributed by atoms with van der Waals surface area (Å²) in [7, 11) is 3.37. The number of aryl methyl sites for hydroxylation is 1. The molecule has 0 atom stereocenters. The van der Waals surface area contributed by atoms with Gasteiger partial charge in [-0.15, -0.1) is 0 Å². The van der Waals surface area contributed by atoms with Crippen LogP contribution in [0.1, 0.15) is 17.5 Å². The van der Waals surface area contributed by atoms with Crippen molar-refractivity contribution in [2.75, 3.05) is 53.5 Å². The molecule has 0 radical (unpaired) electrons. The summed E-state index contributed by atoms with van der Waals surface area (Å²) in [5, 5.41) is 0. The first kappa shape index (κ1) is 21.4. The van der Waals surface area contributed by atoms with E-state index >= 15 is 0 Å². The average molecular weight is 494 g/mol. The maximum Gasteiger partial charge on any atom is 0.160 e. The number of benzene rings is 2. The highest BCUT2D eigenvalue weighted by molar-refractivity contribution is 14.1. The normalized spacial score (nSPS) is 15.5. The van der Waals surface area contributed by atoms with Crippen molar-refractivity contribution in [3.05, 3.63) is 57.2 Å². The fourth-order valence-electron chi connectivity index (χ4n) is 3.72. The maximum atomic E-state index is 5.41. The highest BCUT2D eigenvalue weighted by atomic mass is 127. The van der Waals surface area contributed by atoms with Gasteiger partial charge in [0.25, 0.3) is 0 Å². The molecule has 0 bridgehead atoms. The number of hydrogen-bond acceptors (Lipinski definition) is 4. The molecule has 0 spiro atoms. The van der Waals surface area contributed by atoms with E-state index in [0.717, 1.165) is 37.6 Å². The van der Waals surface area contributed by atoms with Crippen LogP contribution in [-0.4, -0.2) is 63.3 Å². The minimum atomic E-state index is 0.796. The predicted octanol–water partition coefficient (Wildman–Crippen LogP) is 4.10.